The largest absolute Gasteiger partial charge is 0.494 e. The number of carbonyl (C=O) groups is 3. The van der Waals surface area contributed by atoms with Crippen LogP contribution in [0.1, 0.15) is 56.0 Å². The molecule has 2 aromatic carbocycles. The van der Waals surface area contributed by atoms with Crippen molar-refractivity contribution in [3.63, 3.8) is 0 Å². The number of fused-ring (bicyclic) bond motifs is 2. The molecule has 4 atom stereocenters. The number of hydrogen-bond acceptors (Lipinski definition) is 9. The van der Waals surface area contributed by atoms with Gasteiger partial charge in [-0.1, -0.05) is 30.3 Å². The van der Waals surface area contributed by atoms with Crippen LogP contribution in [-0.4, -0.2) is 83.8 Å². The number of alkyl carbamates (subject to hydrolysis) is 1. The van der Waals surface area contributed by atoms with E-state index < -0.39 is 22.7 Å². The Morgan fingerprint density at radius 1 is 1.07 bits per heavy atom. The van der Waals surface area contributed by atoms with Crippen LogP contribution in [0.4, 0.5) is 21.0 Å². The van der Waals surface area contributed by atoms with Crippen molar-refractivity contribution in [1.82, 2.24) is 15.1 Å². The molecule has 2 N–H and O–H groups in total. The normalized spacial score (nSPS) is 22.2. The van der Waals surface area contributed by atoms with Crippen LogP contribution in [0, 0.1) is 22.0 Å². The zero-order valence-corrected chi connectivity index (χ0v) is 26.1. The number of hydrogen-bond donors (Lipinski definition) is 2. The summed E-state index contributed by atoms with van der Waals surface area (Å²) in [5.74, 6) is -0.0654. The third kappa shape index (κ3) is 7.40. The fourth-order valence-electron chi connectivity index (χ4n) is 6.49. The van der Waals surface area contributed by atoms with E-state index >= 15 is 0 Å². The molecule has 2 aliphatic heterocycles. The number of amides is 3. The quantitative estimate of drug-likeness (QED) is 0.296. The van der Waals surface area contributed by atoms with E-state index in [2.05, 4.69) is 10.6 Å². The molecule has 3 fully saturated rings. The number of ether oxygens (including phenoxy) is 3. The van der Waals surface area contributed by atoms with E-state index in [0.29, 0.717) is 39.0 Å². The number of nitro groups is 1. The Morgan fingerprint density at radius 3 is 2.51 bits per heavy atom. The standard InChI is InChI=1S/C32H41N5O8/c1-32(2,3)45-30(39)34-27-22-10-11-24(27)36(18-22)29(38)23-14-25(37(41)42)28(26(15-23)43-4)33-16-21-12-13-35(17-21)31(40)44-19-20-8-6-5-7-9-20/h5-9,14-15,21-22,24,27,33H,10-13,16-19H2,1-4H3,(H,34,39)/t21-,22-,24-,27-/m1/s1. The second-order valence-electron chi connectivity index (χ2n) is 12.9. The molecule has 2 aromatic rings. The van der Waals surface area contributed by atoms with E-state index in [0.717, 1.165) is 12.0 Å². The lowest BCUT2D eigenvalue weighted by molar-refractivity contribution is -0.384. The fourth-order valence-corrected chi connectivity index (χ4v) is 6.49. The number of nitrogens with zero attached hydrogens (tertiary/aromatic N) is 3. The van der Waals surface area contributed by atoms with Gasteiger partial charge in [-0.05, 0) is 63.5 Å². The lowest BCUT2D eigenvalue weighted by atomic mass is 10.1. The number of carbonyl (C=O) groups excluding carboxylic acids is 3. The molecule has 45 heavy (non-hydrogen) atoms. The number of anilines is 1. The van der Waals surface area contributed by atoms with Crippen molar-refractivity contribution < 1.29 is 33.5 Å². The van der Waals surface area contributed by atoms with Crippen LogP contribution in [0.2, 0.25) is 0 Å². The molecule has 2 bridgehead atoms. The van der Waals surface area contributed by atoms with Gasteiger partial charge in [-0.15, -0.1) is 0 Å². The van der Waals surface area contributed by atoms with Crippen molar-refractivity contribution >= 4 is 29.5 Å². The summed E-state index contributed by atoms with van der Waals surface area (Å²) in [7, 11) is 1.40. The Bertz CT molecular complexity index is 1430. The maximum Gasteiger partial charge on any atom is 0.410 e. The number of piperidine rings is 1. The van der Waals surface area contributed by atoms with Crippen LogP contribution >= 0.6 is 0 Å². The summed E-state index contributed by atoms with van der Waals surface area (Å²) in [5, 5.41) is 18.3. The number of rotatable bonds is 9. The second-order valence-corrected chi connectivity index (χ2v) is 12.9. The summed E-state index contributed by atoms with van der Waals surface area (Å²) < 4.78 is 16.4. The van der Waals surface area contributed by atoms with Crippen molar-refractivity contribution in [3.05, 3.63) is 63.7 Å². The van der Waals surface area contributed by atoms with Gasteiger partial charge in [-0.2, -0.15) is 0 Å². The summed E-state index contributed by atoms with van der Waals surface area (Å²) >= 11 is 0. The molecule has 0 unspecified atom stereocenters. The van der Waals surface area contributed by atoms with Crippen molar-refractivity contribution in [2.75, 3.05) is 38.6 Å². The highest BCUT2D eigenvalue weighted by atomic mass is 16.6. The number of nitro benzene ring substituents is 1. The maximum atomic E-state index is 13.7. The molecule has 1 aliphatic carbocycles. The van der Waals surface area contributed by atoms with Gasteiger partial charge in [0.15, 0.2) is 5.69 Å². The average Bonchev–Trinajstić information content (AvgIpc) is 3.72. The molecule has 3 aliphatic rings. The molecule has 2 heterocycles. The fraction of sp³-hybridized carbons (Fsp3) is 0.531. The first-order valence-corrected chi connectivity index (χ1v) is 15.3. The first-order chi connectivity index (χ1) is 21.4. The minimum atomic E-state index is -0.645. The van der Waals surface area contributed by atoms with Crippen LogP contribution in [0.5, 0.6) is 5.75 Å². The van der Waals surface area contributed by atoms with Gasteiger partial charge in [0.25, 0.3) is 11.6 Å². The Labute approximate surface area is 262 Å². The Balaban J connectivity index is 1.22. The zero-order valence-electron chi connectivity index (χ0n) is 26.1. The predicted molar refractivity (Wildman–Crippen MR) is 165 cm³/mol. The predicted octanol–water partition coefficient (Wildman–Crippen LogP) is 4.80. The van der Waals surface area contributed by atoms with E-state index in [4.69, 9.17) is 14.2 Å². The van der Waals surface area contributed by atoms with Gasteiger partial charge in [-0.25, -0.2) is 9.59 Å². The van der Waals surface area contributed by atoms with Gasteiger partial charge < -0.3 is 34.6 Å². The van der Waals surface area contributed by atoms with E-state index in [-0.39, 0.29) is 59.1 Å². The molecular weight excluding hydrogens is 582 g/mol. The first-order valence-electron chi connectivity index (χ1n) is 15.3. The molecule has 13 heteroatoms. The van der Waals surface area contributed by atoms with Crippen molar-refractivity contribution in [3.8, 4) is 5.75 Å². The zero-order chi connectivity index (χ0) is 32.3. The molecule has 242 valence electrons. The average molecular weight is 624 g/mol. The number of likely N-dealkylation sites (tertiary alicyclic amines) is 2. The highest BCUT2D eigenvalue weighted by Gasteiger charge is 2.50. The highest BCUT2D eigenvalue weighted by Crippen LogP contribution is 2.41. The summed E-state index contributed by atoms with van der Waals surface area (Å²) in [6, 6.07) is 11.7. The van der Waals surface area contributed by atoms with Crippen molar-refractivity contribution in [2.24, 2.45) is 11.8 Å². The number of benzene rings is 2. The Kier molecular flexibility index (Phi) is 9.35. The summed E-state index contributed by atoms with van der Waals surface area (Å²) in [5.41, 5.74) is 0.299. The van der Waals surface area contributed by atoms with Crippen LogP contribution in [0.3, 0.4) is 0 Å². The van der Waals surface area contributed by atoms with E-state index in [9.17, 15) is 24.5 Å². The molecule has 3 amide bonds. The lowest BCUT2D eigenvalue weighted by Gasteiger charge is -2.28. The minimum absolute atomic E-state index is 0.0365. The maximum absolute atomic E-state index is 13.7. The number of methoxy groups -OCH3 is 1. The SMILES string of the molecule is COc1cc(C(=O)N2C[C@H]3CC[C@@H]2[C@@H]3NC(=O)OC(C)(C)C)cc([N+](=O)[O-])c1NC[C@H]1CCN(C(=O)OCc2ccccc2)C1. The van der Waals surface area contributed by atoms with Crippen molar-refractivity contribution in [2.45, 2.75) is 64.3 Å². The molecule has 2 saturated heterocycles. The highest BCUT2D eigenvalue weighted by molar-refractivity contribution is 5.97. The van der Waals surface area contributed by atoms with Crippen LogP contribution < -0.4 is 15.4 Å². The monoisotopic (exact) mass is 623 g/mol. The third-order valence-electron chi connectivity index (χ3n) is 8.59. The topological polar surface area (TPSA) is 153 Å². The minimum Gasteiger partial charge on any atom is -0.494 e. The van der Waals surface area contributed by atoms with Gasteiger partial charge in [0, 0.05) is 32.2 Å². The second kappa shape index (κ2) is 13.2. The van der Waals surface area contributed by atoms with E-state index in [1.807, 2.05) is 30.3 Å². The smallest absolute Gasteiger partial charge is 0.410 e. The van der Waals surface area contributed by atoms with Crippen LogP contribution in [-0.2, 0) is 16.1 Å². The molecule has 1 saturated carbocycles. The van der Waals surface area contributed by atoms with Gasteiger partial charge in [-0.3, -0.25) is 14.9 Å². The summed E-state index contributed by atoms with van der Waals surface area (Å²) in [6.07, 6.45) is 1.36. The van der Waals surface area contributed by atoms with Crippen molar-refractivity contribution in [1.29, 1.82) is 0 Å². The van der Waals surface area contributed by atoms with Gasteiger partial charge in [0.2, 0.25) is 0 Å². The molecule has 13 nitrogen and oxygen atoms in total. The molecule has 0 aromatic heterocycles. The van der Waals surface area contributed by atoms with Crippen LogP contribution in [0.15, 0.2) is 42.5 Å². The molecule has 5 rings (SSSR count). The summed E-state index contributed by atoms with van der Waals surface area (Å²) in [6.45, 7) is 7.32. The van der Waals surface area contributed by atoms with Gasteiger partial charge in [0.05, 0.1) is 29.7 Å². The lowest BCUT2D eigenvalue weighted by Crippen LogP contribution is -2.46. The Hall–Kier alpha value is -4.55. The Morgan fingerprint density at radius 2 is 1.82 bits per heavy atom. The molecule has 0 spiro atoms. The van der Waals surface area contributed by atoms with Gasteiger partial charge in [0.1, 0.15) is 18.0 Å². The van der Waals surface area contributed by atoms with E-state index in [1.54, 1.807) is 30.6 Å². The van der Waals surface area contributed by atoms with E-state index in [1.165, 1.54) is 19.2 Å². The molecule has 0 radical (unpaired) electrons. The summed E-state index contributed by atoms with van der Waals surface area (Å²) in [4.78, 5) is 53.7. The first kappa shape index (κ1) is 31.9. The van der Waals surface area contributed by atoms with Gasteiger partial charge >= 0.3 is 12.2 Å². The number of nitrogens with one attached hydrogen (secondary N) is 2. The third-order valence-corrected chi connectivity index (χ3v) is 8.59. The molecular formula is C32H41N5O8. The van der Waals surface area contributed by atoms with Crippen LogP contribution in [0.25, 0.3) is 0 Å².